The number of fused-ring (bicyclic) bond motifs is 1. The normalized spacial score (nSPS) is 15.6. The highest BCUT2D eigenvalue weighted by Gasteiger charge is 2.22. The molecule has 1 aliphatic rings. The molecule has 1 aromatic heterocycles. The van der Waals surface area contributed by atoms with Gasteiger partial charge in [-0.3, -0.25) is 0 Å². The second-order valence-electron chi connectivity index (χ2n) is 7.15. The average Bonchev–Trinajstić information content (AvgIpc) is 2.66. The molecular formula is C22H25N3. The summed E-state index contributed by atoms with van der Waals surface area (Å²) in [4.78, 5) is 7.15. The maximum atomic E-state index is 6.19. The molecule has 1 aliphatic heterocycles. The van der Waals surface area contributed by atoms with Crippen LogP contribution in [0.2, 0.25) is 0 Å². The van der Waals surface area contributed by atoms with Gasteiger partial charge in [-0.2, -0.15) is 0 Å². The molecule has 3 heteroatoms. The van der Waals surface area contributed by atoms with Crippen molar-refractivity contribution in [2.24, 2.45) is 5.92 Å². The maximum Gasteiger partial charge on any atom is 0.136 e. The first-order valence-corrected chi connectivity index (χ1v) is 9.15. The summed E-state index contributed by atoms with van der Waals surface area (Å²) in [5.74, 6) is 1.86. The molecule has 128 valence electrons. The summed E-state index contributed by atoms with van der Waals surface area (Å²) in [6, 6.07) is 17.0. The maximum absolute atomic E-state index is 6.19. The van der Waals surface area contributed by atoms with Crippen LogP contribution in [0.5, 0.6) is 0 Å². The molecule has 0 radical (unpaired) electrons. The number of benzene rings is 2. The third-order valence-corrected chi connectivity index (χ3v) is 5.43. The number of nitrogens with zero attached hydrogens (tertiary/aromatic N) is 2. The lowest BCUT2D eigenvalue weighted by Gasteiger charge is -2.33. The highest BCUT2D eigenvalue weighted by atomic mass is 15.2. The Morgan fingerprint density at radius 3 is 2.56 bits per heavy atom. The standard InChI is InChI=1S/C22H25N3/c1-16-7-8-20(23)19-9-12-24-22(21(16)19)25-13-10-18(11-14-25)15-17-5-3-2-4-6-17/h2-9,12,18H,10-11,13-15,23H2,1H3. The Morgan fingerprint density at radius 1 is 1.04 bits per heavy atom. The lowest BCUT2D eigenvalue weighted by atomic mass is 9.90. The summed E-state index contributed by atoms with van der Waals surface area (Å²) in [5, 5.41) is 2.33. The molecule has 0 unspecified atom stereocenters. The van der Waals surface area contributed by atoms with Crippen LogP contribution in [0.4, 0.5) is 11.5 Å². The van der Waals surface area contributed by atoms with Gasteiger partial charge in [-0.05, 0) is 55.4 Å². The molecule has 4 rings (SSSR count). The first-order chi connectivity index (χ1) is 12.2. The molecule has 3 aromatic rings. The minimum atomic E-state index is 0.764. The zero-order valence-corrected chi connectivity index (χ0v) is 14.8. The molecule has 25 heavy (non-hydrogen) atoms. The van der Waals surface area contributed by atoms with Crippen LogP contribution < -0.4 is 10.6 Å². The molecule has 0 amide bonds. The van der Waals surface area contributed by atoms with E-state index in [0.717, 1.165) is 35.9 Å². The van der Waals surface area contributed by atoms with Gasteiger partial charge in [-0.1, -0.05) is 36.4 Å². The predicted molar refractivity (Wildman–Crippen MR) is 106 cm³/mol. The summed E-state index contributed by atoms with van der Waals surface area (Å²) in [5.41, 5.74) is 9.72. The van der Waals surface area contributed by atoms with Crippen molar-refractivity contribution in [2.45, 2.75) is 26.2 Å². The minimum absolute atomic E-state index is 0.764. The number of aryl methyl sites for hydroxylation is 1. The van der Waals surface area contributed by atoms with Crippen LogP contribution in [-0.2, 0) is 6.42 Å². The Bertz CT molecular complexity index is 865. The third-order valence-electron chi connectivity index (χ3n) is 5.43. The Labute approximate surface area is 149 Å². The highest BCUT2D eigenvalue weighted by Crippen LogP contribution is 2.33. The molecule has 1 fully saturated rings. The molecule has 3 nitrogen and oxygen atoms in total. The predicted octanol–water partition coefficient (Wildman–Crippen LogP) is 4.58. The van der Waals surface area contributed by atoms with Crippen molar-refractivity contribution in [1.82, 2.24) is 4.98 Å². The first-order valence-electron chi connectivity index (χ1n) is 9.15. The summed E-state index contributed by atoms with van der Waals surface area (Å²) < 4.78 is 0. The second-order valence-corrected chi connectivity index (χ2v) is 7.15. The van der Waals surface area contributed by atoms with Crippen molar-refractivity contribution in [3.05, 3.63) is 65.9 Å². The zero-order chi connectivity index (χ0) is 17.2. The van der Waals surface area contributed by atoms with E-state index >= 15 is 0 Å². The van der Waals surface area contributed by atoms with Gasteiger partial charge in [0.25, 0.3) is 0 Å². The van der Waals surface area contributed by atoms with Gasteiger partial charge in [0.05, 0.1) is 0 Å². The molecule has 0 bridgehead atoms. The van der Waals surface area contributed by atoms with Gasteiger partial charge in [-0.15, -0.1) is 0 Å². The lowest BCUT2D eigenvalue weighted by molar-refractivity contribution is 0.403. The Kier molecular flexibility index (Phi) is 4.31. The van der Waals surface area contributed by atoms with Gasteiger partial charge in [0, 0.05) is 35.7 Å². The lowest BCUT2D eigenvalue weighted by Crippen LogP contribution is -2.35. The third kappa shape index (κ3) is 3.19. The largest absolute Gasteiger partial charge is 0.398 e. The van der Waals surface area contributed by atoms with Crippen LogP contribution >= 0.6 is 0 Å². The van der Waals surface area contributed by atoms with E-state index in [1.807, 2.05) is 18.3 Å². The van der Waals surface area contributed by atoms with Gasteiger partial charge < -0.3 is 10.6 Å². The number of anilines is 2. The fraction of sp³-hybridized carbons (Fsp3) is 0.318. The van der Waals surface area contributed by atoms with Gasteiger partial charge in [-0.25, -0.2) is 4.98 Å². The smallest absolute Gasteiger partial charge is 0.136 e. The van der Waals surface area contributed by atoms with E-state index in [-0.39, 0.29) is 0 Å². The summed E-state index contributed by atoms with van der Waals surface area (Å²) in [7, 11) is 0. The van der Waals surface area contributed by atoms with E-state index < -0.39 is 0 Å². The van der Waals surface area contributed by atoms with Crippen LogP contribution in [0, 0.1) is 12.8 Å². The topological polar surface area (TPSA) is 42.1 Å². The fourth-order valence-corrected chi connectivity index (χ4v) is 4.00. The Morgan fingerprint density at radius 2 is 1.80 bits per heavy atom. The zero-order valence-electron chi connectivity index (χ0n) is 14.8. The number of nitrogen functional groups attached to an aromatic ring is 1. The van der Waals surface area contributed by atoms with E-state index in [1.165, 1.54) is 35.8 Å². The van der Waals surface area contributed by atoms with Crippen molar-refractivity contribution >= 4 is 22.3 Å². The first kappa shape index (κ1) is 15.9. The van der Waals surface area contributed by atoms with Crippen molar-refractivity contribution in [2.75, 3.05) is 23.7 Å². The van der Waals surface area contributed by atoms with Crippen molar-refractivity contribution in [1.29, 1.82) is 0 Å². The van der Waals surface area contributed by atoms with Gasteiger partial charge in [0.2, 0.25) is 0 Å². The monoisotopic (exact) mass is 331 g/mol. The van der Waals surface area contributed by atoms with Crippen LogP contribution in [0.15, 0.2) is 54.7 Å². The van der Waals surface area contributed by atoms with Crippen molar-refractivity contribution in [3.63, 3.8) is 0 Å². The average molecular weight is 331 g/mol. The molecule has 2 aromatic carbocycles. The molecule has 0 spiro atoms. The summed E-state index contributed by atoms with van der Waals surface area (Å²) >= 11 is 0. The van der Waals surface area contributed by atoms with Crippen LogP contribution in [0.25, 0.3) is 10.8 Å². The number of nitrogens with two attached hydrogens (primary N) is 1. The Balaban J connectivity index is 1.53. The van der Waals surface area contributed by atoms with Crippen molar-refractivity contribution in [3.8, 4) is 0 Å². The van der Waals surface area contributed by atoms with Crippen LogP contribution in [0.1, 0.15) is 24.0 Å². The number of aromatic nitrogens is 1. The number of pyridine rings is 1. The van der Waals surface area contributed by atoms with E-state index in [9.17, 15) is 0 Å². The SMILES string of the molecule is Cc1ccc(N)c2ccnc(N3CCC(Cc4ccccc4)CC3)c12. The molecule has 2 N–H and O–H groups in total. The molecule has 1 saturated heterocycles. The number of hydrogen-bond donors (Lipinski definition) is 1. The van der Waals surface area contributed by atoms with E-state index in [0.29, 0.717) is 0 Å². The van der Waals surface area contributed by atoms with E-state index in [2.05, 4.69) is 48.2 Å². The quantitative estimate of drug-likeness (QED) is 0.714. The van der Waals surface area contributed by atoms with E-state index in [1.54, 1.807) is 0 Å². The molecule has 0 atom stereocenters. The second kappa shape index (κ2) is 6.75. The fourth-order valence-electron chi connectivity index (χ4n) is 4.00. The van der Waals surface area contributed by atoms with E-state index in [4.69, 9.17) is 10.7 Å². The number of rotatable bonds is 3. The Hall–Kier alpha value is -2.55. The molecule has 0 saturated carbocycles. The minimum Gasteiger partial charge on any atom is -0.398 e. The van der Waals surface area contributed by atoms with Crippen LogP contribution in [-0.4, -0.2) is 18.1 Å². The van der Waals surface area contributed by atoms with Gasteiger partial charge in [0.1, 0.15) is 5.82 Å². The molecule has 2 heterocycles. The number of piperidine rings is 1. The van der Waals surface area contributed by atoms with Crippen LogP contribution in [0.3, 0.4) is 0 Å². The van der Waals surface area contributed by atoms with Crippen molar-refractivity contribution < 1.29 is 0 Å². The summed E-state index contributed by atoms with van der Waals surface area (Å²) in [6.07, 6.45) is 5.51. The van der Waals surface area contributed by atoms with Gasteiger partial charge in [0.15, 0.2) is 0 Å². The number of hydrogen-bond acceptors (Lipinski definition) is 3. The molecule has 0 aliphatic carbocycles. The summed E-state index contributed by atoms with van der Waals surface area (Å²) in [6.45, 7) is 4.28. The highest BCUT2D eigenvalue weighted by molar-refractivity contribution is 6.01. The van der Waals surface area contributed by atoms with Gasteiger partial charge >= 0.3 is 0 Å². The molecular weight excluding hydrogens is 306 g/mol.